The second-order valence-electron chi connectivity index (χ2n) is 4.58. The van der Waals surface area contributed by atoms with Gasteiger partial charge in [-0.1, -0.05) is 44.2 Å². The van der Waals surface area contributed by atoms with E-state index in [0.29, 0.717) is 5.92 Å². The molecule has 1 aromatic heterocycles. The van der Waals surface area contributed by atoms with Crippen LogP contribution in [-0.2, 0) is 7.05 Å². The number of rotatable bonds is 2. The Morgan fingerprint density at radius 1 is 1.00 bits per heavy atom. The minimum absolute atomic E-state index is 0.0236. The van der Waals surface area contributed by atoms with Crippen LogP contribution in [0.3, 0.4) is 0 Å². The van der Waals surface area contributed by atoms with E-state index in [4.69, 9.17) is 0 Å². The van der Waals surface area contributed by atoms with Gasteiger partial charge in [0.15, 0.2) is 0 Å². The zero-order chi connectivity index (χ0) is 12.4. The largest absolute Gasteiger partial charge is 0.311 e. The molecule has 0 aliphatic rings. The van der Waals surface area contributed by atoms with Crippen LogP contribution in [0, 0.1) is 0 Å². The third-order valence-electron chi connectivity index (χ3n) is 3.06. The van der Waals surface area contributed by atoms with Gasteiger partial charge in [0.25, 0.3) is 5.56 Å². The number of aromatic nitrogens is 1. The van der Waals surface area contributed by atoms with Crippen molar-refractivity contribution in [3.63, 3.8) is 0 Å². The van der Waals surface area contributed by atoms with Crippen LogP contribution in [0.25, 0.3) is 11.3 Å². The van der Waals surface area contributed by atoms with E-state index in [2.05, 4.69) is 38.1 Å². The van der Waals surface area contributed by atoms with Crippen molar-refractivity contribution in [1.29, 1.82) is 0 Å². The summed E-state index contributed by atoms with van der Waals surface area (Å²) in [6.07, 6.45) is 0. The normalized spacial score (nSPS) is 10.8. The lowest BCUT2D eigenvalue weighted by molar-refractivity contribution is 0.861. The highest BCUT2D eigenvalue weighted by Crippen LogP contribution is 2.21. The molecule has 0 aliphatic heterocycles. The van der Waals surface area contributed by atoms with Gasteiger partial charge in [0.1, 0.15) is 0 Å². The van der Waals surface area contributed by atoms with Crippen molar-refractivity contribution in [3.8, 4) is 11.3 Å². The molecule has 2 nitrogen and oxygen atoms in total. The summed E-state index contributed by atoms with van der Waals surface area (Å²) in [7, 11) is 1.80. The minimum Gasteiger partial charge on any atom is -0.311 e. The molecule has 1 aromatic carbocycles. The van der Waals surface area contributed by atoms with Gasteiger partial charge in [0, 0.05) is 13.1 Å². The number of hydrogen-bond acceptors (Lipinski definition) is 1. The highest BCUT2D eigenvalue weighted by Gasteiger charge is 2.03. The smallest absolute Gasteiger partial charge is 0.250 e. The summed E-state index contributed by atoms with van der Waals surface area (Å²) in [6.45, 7) is 4.35. The van der Waals surface area contributed by atoms with Crippen LogP contribution in [0.15, 0.2) is 47.3 Å². The Balaban J connectivity index is 2.47. The van der Waals surface area contributed by atoms with E-state index in [1.807, 2.05) is 6.07 Å². The highest BCUT2D eigenvalue weighted by atomic mass is 16.1. The van der Waals surface area contributed by atoms with Crippen molar-refractivity contribution in [2.45, 2.75) is 19.8 Å². The zero-order valence-electron chi connectivity index (χ0n) is 10.5. The summed E-state index contributed by atoms with van der Waals surface area (Å²) in [6, 6.07) is 13.7. The predicted octanol–water partition coefficient (Wildman–Crippen LogP) is 3.18. The van der Waals surface area contributed by atoms with Crippen molar-refractivity contribution in [1.82, 2.24) is 4.57 Å². The van der Waals surface area contributed by atoms with Crippen molar-refractivity contribution in [2.75, 3.05) is 0 Å². The van der Waals surface area contributed by atoms with E-state index >= 15 is 0 Å². The molecule has 0 amide bonds. The average Bonchev–Trinajstić information content (AvgIpc) is 2.33. The second-order valence-corrected chi connectivity index (χ2v) is 4.58. The van der Waals surface area contributed by atoms with Crippen LogP contribution in [0.5, 0.6) is 0 Å². The van der Waals surface area contributed by atoms with Gasteiger partial charge in [-0.25, -0.2) is 0 Å². The minimum atomic E-state index is 0.0236. The summed E-state index contributed by atoms with van der Waals surface area (Å²) in [5, 5.41) is 0. The first kappa shape index (κ1) is 11.6. The van der Waals surface area contributed by atoms with Gasteiger partial charge in [-0.15, -0.1) is 0 Å². The second kappa shape index (κ2) is 4.58. The van der Waals surface area contributed by atoms with Gasteiger partial charge in [0.05, 0.1) is 5.69 Å². The maximum Gasteiger partial charge on any atom is 0.250 e. The summed E-state index contributed by atoms with van der Waals surface area (Å²) in [5.41, 5.74) is 3.37. The third kappa shape index (κ3) is 2.31. The molecule has 2 heteroatoms. The van der Waals surface area contributed by atoms with Crippen LogP contribution in [-0.4, -0.2) is 4.57 Å². The molecular formula is C15H17NO. The summed E-state index contributed by atoms with van der Waals surface area (Å²) >= 11 is 0. The number of pyridine rings is 1. The third-order valence-corrected chi connectivity index (χ3v) is 3.06. The lowest BCUT2D eigenvalue weighted by atomic mass is 10.0. The SMILES string of the molecule is CC(C)c1ccc(-c2cccc(=O)n2C)cc1. The molecule has 0 bridgehead atoms. The van der Waals surface area contributed by atoms with Crippen molar-refractivity contribution >= 4 is 0 Å². The maximum absolute atomic E-state index is 11.6. The van der Waals surface area contributed by atoms with Gasteiger partial charge >= 0.3 is 0 Å². The molecule has 0 saturated carbocycles. The fraction of sp³-hybridized carbons (Fsp3) is 0.267. The monoisotopic (exact) mass is 227 g/mol. The lowest BCUT2D eigenvalue weighted by Crippen LogP contribution is -2.16. The quantitative estimate of drug-likeness (QED) is 0.772. The predicted molar refractivity (Wildman–Crippen MR) is 71.2 cm³/mol. The molecule has 0 atom stereocenters. The topological polar surface area (TPSA) is 22.0 Å². The van der Waals surface area contributed by atoms with Gasteiger partial charge < -0.3 is 4.57 Å². The van der Waals surface area contributed by atoms with Gasteiger partial charge in [-0.3, -0.25) is 4.79 Å². The number of benzene rings is 1. The maximum atomic E-state index is 11.6. The Morgan fingerprint density at radius 3 is 2.24 bits per heavy atom. The van der Waals surface area contributed by atoms with Crippen molar-refractivity contribution in [3.05, 3.63) is 58.4 Å². The summed E-state index contributed by atoms with van der Waals surface area (Å²) in [5.74, 6) is 0.531. The molecule has 0 aliphatic carbocycles. The molecule has 0 fully saturated rings. The standard InChI is InChI=1S/C15H17NO/c1-11(2)12-7-9-13(10-8-12)14-5-4-6-15(17)16(14)3/h4-11H,1-3H3. The first-order valence-corrected chi connectivity index (χ1v) is 5.86. The number of nitrogens with zero attached hydrogens (tertiary/aromatic N) is 1. The highest BCUT2D eigenvalue weighted by molar-refractivity contribution is 5.59. The first-order valence-electron chi connectivity index (χ1n) is 5.86. The Hall–Kier alpha value is -1.83. The zero-order valence-corrected chi connectivity index (χ0v) is 10.5. The molecule has 0 N–H and O–H groups in total. The molecule has 2 aromatic rings. The molecule has 0 unspecified atom stereocenters. The molecule has 0 radical (unpaired) electrons. The van der Waals surface area contributed by atoms with Crippen molar-refractivity contribution < 1.29 is 0 Å². The van der Waals surface area contributed by atoms with Gasteiger partial charge in [-0.2, -0.15) is 0 Å². The fourth-order valence-electron chi connectivity index (χ4n) is 1.89. The molecule has 0 spiro atoms. The van der Waals surface area contributed by atoms with E-state index in [-0.39, 0.29) is 5.56 Å². The van der Waals surface area contributed by atoms with Crippen LogP contribution in [0.4, 0.5) is 0 Å². The van der Waals surface area contributed by atoms with Crippen LogP contribution in [0.2, 0.25) is 0 Å². The fourth-order valence-corrected chi connectivity index (χ4v) is 1.89. The Kier molecular flexibility index (Phi) is 3.14. The van der Waals surface area contributed by atoms with E-state index in [0.717, 1.165) is 11.3 Å². The average molecular weight is 227 g/mol. The molecular weight excluding hydrogens is 210 g/mol. The Bertz CT molecular complexity index is 564. The van der Waals surface area contributed by atoms with Gasteiger partial charge in [0.2, 0.25) is 0 Å². The molecule has 2 rings (SSSR count). The first-order chi connectivity index (χ1) is 8.09. The molecule has 88 valence electrons. The van der Waals surface area contributed by atoms with E-state index in [9.17, 15) is 4.79 Å². The van der Waals surface area contributed by atoms with Crippen LogP contribution in [0.1, 0.15) is 25.3 Å². The molecule has 1 heterocycles. The summed E-state index contributed by atoms with van der Waals surface area (Å²) in [4.78, 5) is 11.6. The van der Waals surface area contributed by atoms with E-state index < -0.39 is 0 Å². The van der Waals surface area contributed by atoms with E-state index in [1.54, 1.807) is 23.7 Å². The molecule has 17 heavy (non-hydrogen) atoms. The summed E-state index contributed by atoms with van der Waals surface area (Å²) < 4.78 is 1.67. The van der Waals surface area contributed by atoms with E-state index in [1.165, 1.54) is 5.56 Å². The van der Waals surface area contributed by atoms with Crippen LogP contribution >= 0.6 is 0 Å². The molecule has 0 saturated heterocycles. The lowest BCUT2D eigenvalue weighted by Gasteiger charge is -2.10. The van der Waals surface area contributed by atoms with Crippen LogP contribution < -0.4 is 5.56 Å². The number of hydrogen-bond donors (Lipinski definition) is 0. The Labute approximate surface area is 102 Å². The van der Waals surface area contributed by atoms with Crippen molar-refractivity contribution in [2.24, 2.45) is 7.05 Å². The van der Waals surface area contributed by atoms with Gasteiger partial charge in [-0.05, 0) is 23.1 Å². The Morgan fingerprint density at radius 2 is 1.65 bits per heavy atom.